The van der Waals surface area contributed by atoms with E-state index in [1.165, 1.54) is 9.13 Å². The number of benzene rings is 1. The van der Waals surface area contributed by atoms with Gasteiger partial charge in [0.1, 0.15) is 0 Å². The maximum Gasteiger partial charge on any atom is 0.316 e. The smallest absolute Gasteiger partial charge is 0.312 e. The summed E-state index contributed by atoms with van der Waals surface area (Å²) in [5.41, 5.74) is 0.169. The Bertz CT molecular complexity index is 661. The second-order valence-electron chi connectivity index (χ2n) is 4.43. The number of halogens is 1. The molecule has 0 amide bonds. The SMILES string of the molecule is Cn1ccn(CC(CBr)c2ccccc2)c(=O)c1=O. The van der Waals surface area contributed by atoms with Gasteiger partial charge in [-0.2, -0.15) is 0 Å². The van der Waals surface area contributed by atoms with Crippen molar-refractivity contribution < 1.29 is 0 Å². The summed E-state index contributed by atoms with van der Waals surface area (Å²) in [6.07, 6.45) is 3.27. The summed E-state index contributed by atoms with van der Waals surface area (Å²) < 4.78 is 2.77. The van der Waals surface area contributed by atoms with E-state index in [-0.39, 0.29) is 5.92 Å². The number of aromatic nitrogens is 2. The van der Waals surface area contributed by atoms with E-state index in [4.69, 9.17) is 0 Å². The fourth-order valence-corrected chi connectivity index (χ4v) is 2.52. The monoisotopic (exact) mass is 322 g/mol. The van der Waals surface area contributed by atoms with Gasteiger partial charge in [-0.3, -0.25) is 9.59 Å². The molecule has 0 fully saturated rings. The Morgan fingerprint density at radius 1 is 1.11 bits per heavy atom. The van der Waals surface area contributed by atoms with E-state index in [1.54, 1.807) is 19.4 Å². The first-order valence-electron chi connectivity index (χ1n) is 6.00. The maximum atomic E-state index is 11.9. The van der Waals surface area contributed by atoms with Crippen molar-refractivity contribution in [3.63, 3.8) is 0 Å². The van der Waals surface area contributed by atoms with E-state index in [1.807, 2.05) is 30.3 Å². The van der Waals surface area contributed by atoms with Crippen molar-refractivity contribution in [2.45, 2.75) is 12.5 Å². The minimum atomic E-state index is -0.496. The van der Waals surface area contributed by atoms with Gasteiger partial charge in [-0.25, -0.2) is 0 Å². The summed E-state index contributed by atoms with van der Waals surface area (Å²) in [6.45, 7) is 0.490. The van der Waals surface area contributed by atoms with E-state index in [0.29, 0.717) is 6.54 Å². The predicted molar refractivity (Wildman–Crippen MR) is 78.9 cm³/mol. The molecule has 0 bridgehead atoms. The first-order chi connectivity index (χ1) is 9.13. The highest BCUT2D eigenvalue weighted by atomic mass is 79.9. The van der Waals surface area contributed by atoms with E-state index >= 15 is 0 Å². The summed E-state index contributed by atoms with van der Waals surface area (Å²) in [4.78, 5) is 23.5. The molecule has 1 unspecified atom stereocenters. The zero-order valence-corrected chi connectivity index (χ0v) is 12.2. The molecule has 0 radical (unpaired) electrons. The van der Waals surface area contributed by atoms with Crippen LogP contribution in [0.15, 0.2) is 52.3 Å². The molecule has 0 saturated heterocycles. The Balaban J connectivity index is 2.32. The van der Waals surface area contributed by atoms with Crippen LogP contribution in [-0.2, 0) is 13.6 Å². The fourth-order valence-electron chi connectivity index (χ4n) is 1.94. The Morgan fingerprint density at radius 3 is 2.42 bits per heavy atom. The number of rotatable bonds is 4. The molecule has 0 aliphatic heterocycles. The maximum absolute atomic E-state index is 11.9. The normalized spacial score (nSPS) is 12.3. The molecule has 1 aromatic carbocycles. The van der Waals surface area contributed by atoms with E-state index in [9.17, 15) is 9.59 Å². The van der Waals surface area contributed by atoms with E-state index < -0.39 is 11.1 Å². The lowest BCUT2D eigenvalue weighted by atomic mass is 10.0. The Kier molecular flexibility index (Phi) is 4.37. The van der Waals surface area contributed by atoms with Gasteiger partial charge >= 0.3 is 11.1 Å². The largest absolute Gasteiger partial charge is 0.316 e. The van der Waals surface area contributed by atoms with Gasteiger partial charge in [0.15, 0.2) is 0 Å². The third kappa shape index (κ3) is 3.04. The molecule has 1 atom stereocenters. The summed E-state index contributed by atoms with van der Waals surface area (Å²) in [7, 11) is 1.58. The third-order valence-electron chi connectivity index (χ3n) is 3.11. The molecule has 0 aliphatic carbocycles. The summed E-state index contributed by atoms with van der Waals surface area (Å²) >= 11 is 3.47. The van der Waals surface area contributed by atoms with Crippen LogP contribution in [0.4, 0.5) is 0 Å². The fraction of sp³-hybridized carbons (Fsp3) is 0.286. The molecule has 0 aliphatic rings. The Labute approximate surface area is 119 Å². The van der Waals surface area contributed by atoms with Gasteiger partial charge in [0.2, 0.25) is 0 Å². The lowest BCUT2D eigenvalue weighted by Crippen LogP contribution is -2.40. The van der Waals surface area contributed by atoms with E-state index in [2.05, 4.69) is 15.9 Å². The quantitative estimate of drug-likeness (QED) is 0.635. The van der Waals surface area contributed by atoms with Gasteiger partial charge < -0.3 is 9.13 Å². The molecule has 4 nitrogen and oxygen atoms in total. The van der Waals surface area contributed by atoms with Gasteiger partial charge in [0.05, 0.1) is 0 Å². The molecular formula is C14H15BrN2O2. The van der Waals surface area contributed by atoms with Crippen LogP contribution in [0.25, 0.3) is 0 Å². The van der Waals surface area contributed by atoms with Gasteiger partial charge in [-0.05, 0) is 5.56 Å². The van der Waals surface area contributed by atoms with Crippen LogP contribution in [-0.4, -0.2) is 14.5 Å². The number of alkyl halides is 1. The van der Waals surface area contributed by atoms with Crippen molar-refractivity contribution in [2.75, 3.05) is 5.33 Å². The Morgan fingerprint density at radius 2 is 1.79 bits per heavy atom. The van der Waals surface area contributed by atoms with Crippen LogP contribution >= 0.6 is 15.9 Å². The molecular weight excluding hydrogens is 308 g/mol. The molecule has 5 heteroatoms. The molecule has 0 saturated carbocycles. The van der Waals surface area contributed by atoms with Gasteiger partial charge in [0.25, 0.3) is 0 Å². The highest BCUT2D eigenvalue weighted by Crippen LogP contribution is 2.19. The Hall–Kier alpha value is -1.62. The zero-order chi connectivity index (χ0) is 13.8. The lowest BCUT2D eigenvalue weighted by Gasteiger charge is -2.16. The topological polar surface area (TPSA) is 44.0 Å². The average Bonchev–Trinajstić information content (AvgIpc) is 2.45. The zero-order valence-electron chi connectivity index (χ0n) is 10.6. The van der Waals surface area contributed by atoms with Crippen molar-refractivity contribution in [3.8, 4) is 0 Å². The first kappa shape index (κ1) is 13.8. The van der Waals surface area contributed by atoms with Crippen LogP contribution in [0.5, 0.6) is 0 Å². The number of aryl methyl sites for hydroxylation is 1. The average molecular weight is 323 g/mol. The minimum absolute atomic E-state index is 0.158. The highest BCUT2D eigenvalue weighted by Gasteiger charge is 2.12. The predicted octanol–water partition coefficient (Wildman–Crippen LogP) is 1.73. The third-order valence-corrected chi connectivity index (χ3v) is 3.89. The van der Waals surface area contributed by atoms with Crippen LogP contribution in [0.2, 0.25) is 0 Å². The number of nitrogens with zero attached hydrogens (tertiary/aromatic N) is 2. The van der Waals surface area contributed by atoms with Crippen LogP contribution in [0.3, 0.4) is 0 Å². The molecule has 0 spiro atoms. The molecule has 2 rings (SSSR count). The molecule has 2 aromatic rings. The van der Waals surface area contributed by atoms with Crippen LogP contribution in [0, 0.1) is 0 Å². The minimum Gasteiger partial charge on any atom is -0.312 e. The highest BCUT2D eigenvalue weighted by molar-refractivity contribution is 9.09. The first-order valence-corrected chi connectivity index (χ1v) is 7.12. The summed E-state index contributed by atoms with van der Waals surface area (Å²) in [5, 5.41) is 0.735. The standard InChI is InChI=1S/C14H15BrN2O2/c1-16-7-8-17(14(19)13(16)18)10-12(9-15)11-5-3-2-4-6-11/h2-8,12H,9-10H2,1H3. The van der Waals surface area contributed by atoms with Crippen molar-refractivity contribution in [3.05, 3.63) is 69.0 Å². The van der Waals surface area contributed by atoms with Crippen molar-refractivity contribution in [2.24, 2.45) is 7.05 Å². The second kappa shape index (κ2) is 6.02. The number of hydrogen-bond donors (Lipinski definition) is 0. The van der Waals surface area contributed by atoms with Gasteiger partial charge in [-0.15, -0.1) is 0 Å². The van der Waals surface area contributed by atoms with E-state index in [0.717, 1.165) is 10.9 Å². The van der Waals surface area contributed by atoms with Crippen molar-refractivity contribution in [1.29, 1.82) is 0 Å². The summed E-state index contributed by atoms with van der Waals surface area (Å²) in [6, 6.07) is 9.95. The van der Waals surface area contributed by atoms with Gasteiger partial charge in [-0.1, -0.05) is 46.3 Å². The molecule has 0 N–H and O–H groups in total. The summed E-state index contributed by atoms with van der Waals surface area (Å²) in [5.74, 6) is 0.158. The molecule has 19 heavy (non-hydrogen) atoms. The lowest BCUT2D eigenvalue weighted by molar-refractivity contribution is 0.571. The van der Waals surface area contributed by atoms with Crippen LogP contribution < -0.4 is 11.1 Å². The van der Waals surface area contributed by atoms with Crippen molar-refractivity contribution in [1.82, 2.24) is 9.13 Å². The van der Waals surface area contributed by atoms with Crippen molar-refractivity contribution >= 4 is 15.9 Å². The molecule has 1 aromatic heterocycles. The van der Waals surface area contributed by atoms with Crippen LogP contribution in [0.1, 0.15) is 11.5 Å². The van der Waals surface area contributed by atoms with Gasteiger partial charge in [0, 0.05) is 37.2 Å². The number of hydrogen-bond acceptors (Lipinski definition) is 2. The molecule has 100 valence electrons. The second-order valence-corrected chi connectivity index (χ2v) is 5.08. The molecule has 1 heterocycles.